The van der Waals surface area contributed by atoms with Crippen molar-refractivity contribution in [1.29, 1.82) is 0 Å². The average molecular weight is 189 g/mol. The third kappa shape index (κ3) is 1.82. The van der Waals surface area contributed by atoms with Crippen LogP contribution in [0.3, 0.4) is 0 Å². The molecule has 3 heteroatoms. The summed E-state index contributed by atoms with van der Waals surface area (Å²) in [5.41, 5.74) is 0. The molecule has 1 saturated heterocycles. The molecular weight excluding hydrogens is 172 g/mol. The second-order valence-electron chi connectivity index (χ2n) is 3.52. The fourth-order valence-electron chi connectivity index (χ4n) is 1.85. The summed E-state index contributed by atoms with van der Waals surface area (Å²) in [5, 5.41) is 3.40. The first-order valence-corrected chi connectivity index (χ1v) is 4.51. The molecule has 0 aromatic heterocycles. The number of hydrogen-bond acceptors (Lipinski definition) is 2. The molecular formula is C9H17ClN2. The summed E-state index contributed by atoms with van der Waals surface area (Å²) in [4.78, 5) is 2.59. The molecule has 70 valence electrons. The van der Waals surface area contributed by atoms with E-state index in [1.165, 1.54) is 13.0 Å². The van der Waals surface area contributed by atoms with Crippen LogP contribution >= 0.6 is 12.4 Å². The minimum absolute atomic E-state index is 0. The highest BCUT2D eigenvalue weighted by Crippen LogP contribution is 2.19. The number of nitrogens with one attached hydrogen (secondary N) is 1. The Morgan fingerprint density at radius 1 is 1.50 bits per heavy atom. The summed E-state index contributed by atoms with van der Waals surface area (Å²) in [6, 6.07) is 1.48. The lowest BCUT2D eigenvalue weighted by atomic mass is 9.99. The Bertz CT molecular complexity index is 170. The lowest BCUT2D eigenvalue weighted by molar-refractivity contribution is 0.133. The van der Waals surface area contributed by atoms with Crippen molar-refractivity contribution in [2.24, 2.45) is 0 Å². The van der Waals surface area contributed by atoms with Crippen LogP contribution in [0.2, 0.25) is 0 Å². The van der Waals surface area contributed by atoms with Gasteiger partial charge in [-0.15, -0.1) is 12.4 Å². The molecule has 0 aromatic carbocycles. The van der Waals surface area contributed by atoms with Crippen molar-refractivity contribution in [1.82, 2.24) is 10.2 Å². The van der Waals surface area contributed by atoms with E-state index in [2.05, 4.69) is 29.3 Å². The Morgan fingerprint density at radius 3 is 2.75 bits per heavy atom. The monoisotopic (exact) mass is 188 g/mol. The van der Waals surface area contributed by atoms with E-state index in [1.54, 1.807) is 0 Å². The van der Waals surface area contributed by atoms with Gasteiger partial charge >= 0.3 is 0 Å². The molecule has 2 atom stereocenters. The molecule has 1 aliphatic carbocycles. The summed E-state index contributed by atoms with van der Waals surface area (Å²) >= 11 is 0. The van der Waals surface area contributed by atoms with Gasteiger partial charge in [0.2, 0.25) is 0 Å². The molecule has 12 heavy (non-hydrogen) atoms. The lowest BCUT2D eigenvalue weighted by Gasteiger charge is -2.40. The lowest BCUT2D eigenvalue weighted by Crippen LogP contribution is -2.54. The molecule has 2 nitrogen and oxygen atoms in total. The second-order valence-corrected chi connectivity index (χ2v) is 3.52. The van der Waals surface area contributed by atoms with Gasteiger partial charge in [-0.25, -0.2) is 0 Å². The number of rotatable bonds is 1. The zero-order chi connectivity index (χ0) is 7.68. The highest BCUT2D eigenvalue weighted by atomic mass is 35.5. The van der Waals surface area contributed by atoms with Gasteiger partial charge in [0.15, 0.2) is 0 Å². The van der Waals surface area contributed by atoms with Crippen LogP contribution in [-0.2, 0) is 0 Å². The van der Waals surface area contributed by atoms with Crippen LogP contribution < -0.4 is 5.32 Å². The smallest absolute Gasteiger partial charge is 0.0316 e. The van der Waals surface area contributed by atoms with E-state index in [0.717, 1.165) is 25.2 Å². The molecule has 2 rings (SSSR count). The molecule has 0 spiro atoms. The van der Waals surface area contributed by atoms with Crippen molar-refractivity contribution in [2.75, 3.05) is 19.6 Å². The van der Waals surface area contributed by atoms with Crippen LogP contribution in [0.25, 0.3) is 0 Å². The van der Waals surface area contributed by atoms with Gasteiger partial charge in [-0.2, -0.15) is 0 Å². The van der Waals surface area contributed by atoms with Gasteiger partial charge < -0.3 is 5.32 Å². The van der Waals surface area contributed by atoms with Crippen LogP contribution in [0, 0.1) is 0 Å². The standard InChI is InChI=1S/C9H16N2.ClH/c1-8-7-10-5-6-11(8)9-3-2-4-9;/h2-3,8-10H,4-7H2,1H3;1H. The van der Waals surface area contributed by atoms with E-state index in [-0.39, 0.29) is 12.4 Å². The third-order valence-electron chi connectivity index (χ3n) is 2.71. The molecule has 0 radical (unpaired) electrons. The van der Waals surface area contributed by atoms with Gasteiger partial charge in [-0.05, 0) is 13.3 Å². The predicted molar refractivity (Wildman–Crippen MR) is 53.8 cm³/mol. The maximum absolute atomic E-state index is 3.40. The Kier molecular flexibility index (Phi) is 3.56. The van der Waals surface area contributed by atoms with Crippen molar-refractivity contribution in [3.05, 3.63) is 12.2 Å². The number of nitrogens with zero attached hydrogens (tertiary/aromatic N) is 1. The first-order chi connectivity index (χ1) is 5.38. The molecule has 2 unspecified atom stereocenters. The van der Waals surface area contributed by atoms with Crippen LogP contribution in [-0.4, -0.2) is 36.6 Å². The Labute approximate surface area is 80.4 Å². The van der Waals surface area contributed by atoms with Crippen molar-refractivity contribution in [2.45, 2.75) is 25.4 Å². The average Bonchev–Trinajstić information content (AvgIpc) is 1.90. The van der Waals surface area contributed by atoms with Crippen molar-refractivity contribution in [3.8, 4) is 0 Å². The topological polar surface area (TPSA) is 15.3 Å². The zero-order valence-corrected chi connectivity index (χ0v) is 8.31. The van der Waals surface area contributed by atoms with Crippen LogP contribution in [0.15, 0.2) is 12.2 Å². The van der Waals surface area contributed by atoms with Crippen molar-refractivity contribution >= 4 is 12.4 Å². The van der Waals surface area contributed by atoms with Gasteiger partial charge in [-0.1, -0.05) is 12.2 Å². The largest absolute Gasteiger partial charge is 0.314 e. The summed E-state index contributed by atoms with van der Waals surface area (Å²) in [7, 11) is 0. The molecule has 1 fully saturated rings. The fourth-order valence-corrected chi connectivity index (χ4v) is 1.85. The van der Waals surface area contributed by atoms with Gasteiger partial charge in [0, 0.05) is 31.7 Å². The third-order valence-corrected chi connectivity index (χ3v) is 2.71. The van der Waals surface area contributed by atoms with Crippen LogP contribution in [0.5, 0.6) is 0 Å². The number of piperazine rings is 1. The zero-order valence-electron chi connectivity index (χ0n) is 7.49. The first-order valence-electron chi connectivity index (χ1n) is 4.51. The predicted octanol–water partition coefficient (Wildman–Crippen LogP) is 1.03. The summed E-state index contributed by atoms with van der Waals surface area (Å²) in [6.07, 6.45) is 5.85. The molecule has 1 heterocycles. The van der Waals surface area contributed by atoms with E-state index < -0.39 is 0 Å². The molecule has 0 amide bonds. The Hall–Kier alpha value is -0.0500. The molecule has 1 N–H and O–H groups in total. The molecule has 1 aliphatic heterocycles. The van der Waals surface area contributed by atoms with Crippen LogP contribution in [0.1, 0.15) is 13.3 Å². The van der Waals surface area contributed by atoms with Gasteiger partial charge in [-0.3, -0.25) is 4.90 Å². The summed E-state index contributed by atoms with van der Waals surface area (Å²) in [6.45, 7) is 5.84. The van der Waals surface area contributed by atoms with Crippen LogP contribution in [0.4, 0.5) is 0 Å². The van der Waals surface area contributed by atoms with Gasteiger partial charge in [0.1, 0.15) is 0 Å². The van der Waals surface area contributed by atoms with Crippen molar-refractivity contribution in [3.63, 3.8) is 0 Å². The van der Waals surface area contributed by atoms with E-state index >= 15 is 0 Å². The normalized spacial score (nSPS) is 35.4. The maximum Gasteiger partial charge on any atom is 0.0316 e. The molecule has 0 aromatic rings. The van der Waals surface area contributed by atoms with Gasteiger partial charge in [0.05, 0.1) is 0 Å². The Morgan fingerprint density at radius 2 is 2.25 bits per heavy atom. The fraction of sp³-hybridized carbons (Fsp3) is 0.778. The maximum atomic E-state index is 3.40. The highest BCUT2D eigenvalue weighted by molar-refractivity contribution is 5.85. The summed E-state index contributed by atoms with van der Waals surface area (Å²) in [5.74, 6) is 0. The molecule has 2 aliphatic rings. The second kappa shape index (κ2) is 4.26. The first kappa shape index (κ1) is 10.0. The Balaban J connectivity index is 0.000000720. The van der Waals surface area contributed by atoms with Gasteiger partial charge in [0.25, 0.3) is 0 Å². The quantitative estimate of drug-likeness (QED) is 0.619. The van der Waals surface area contributed by atoms with E-state index in [0.29, 0.717) is 0 Å². The van der Waals surface area contributed by atoms with E-state index in [4.69, 9.17) is 0 Å². The molecule has 0 saturated carbocycles. The van der Waals surface area contributed by atoms with E-state index in [1.807, 2.05) is 0 Å². The minimum atomic E-state index is 0. The SMILES string of the molecule is CC1CNCCN1C1C=CC1.Cl. The molecule has 0 bridgehead atoms. The number of hydrogen-bond donors (Lipinski definition) is 1. The van der Waals surface area contributed by atoms with Crippen molar-refractivity contribution < 1.29 is 0 Å². The minimum Gasteiger partial charge on any atom is -0.314 e. The summed E-state index contributed by atoms with van der Waals surface area (Å²) < 4.78 is 0. The highest BCUT2D eigenvalue weighted by Gasteiger charge is 2.25. The number of halogens is 1. The van der Waals surface area contributed by atoms with E-state index in [9.17, 15) is 0 Å².